The summed E-state index contributed by atoms with van der Waals surface area (Å²) in [6.45, 7) is 10.8. The number of carbonyl (C=O) groups is 1. The van der Waals surface area contributed by atoms with E-state index < -0.39 is 0 Å². The lowest BCUT2D eigenvalue weighted by molar-refractivity contribution is -0.173. The fourth-order valence-electron chi connectivity index (χ4n) is 4.41. The van der Waals surface area contributed by atoms with Crippen molar-refractivity contribution in [1.82, 2.24) is 0 Å². The first kappa shape index (κ1) is 13.9. The second-order valence-electron chi connectivity index (χ2n) is 7.33. The van der Waals surface area contributed by atoms with Crippen molar-refractivity contribution >= 4 is 5.97 Å². The van der Waals surface area contributed by atoms with Gasteiger partial charge in [0.05, 0.1) is 0 Å². The van der Waals surface area contributed by atoms with Crippen LogP contribution in [0.4, 0.5) is 0 Å². The molecule has 4 atom stereocenters. The van der Waals surface area contributed by atoms with E-state index in [0.29, 0.717) is 6.42 Å². The molecule has 0 heterocycles. The van der Waals surface area contributed by atoms with Crippen LogP contribution in [-0.2, 0) is 9.53 Å². The van der Waals surface area contributed by atoms with Crippen molar-refractivity contribution in [2.24, 2.45) is 23.2 Å². The largest absolute Gasteiger partial charge is 0.459 e. The summed E-state index contributed by atoms with van der Waals surface area (Å²) in [6.07, 6.45) is 5.72. The molecule has 0 N–H and O–H groups in total. The van der Waals surface area contributed by atoms with E-state index in [2.05, 4.69) is 27.7 Å². The number of esters is 1. The van der Waals surface area contributed by atoms with Crippen molar-refractivity contribution < 1.29 is 9.53 Å². The Hall–Kier alpha value is -0.530. The van der Waals surface area contributed by atoms with E-state index in [1.807, 2.05) is 6.92 Å². The van der Waals surface area contributed by atoms with Gasteiger partial charge >= 0.3 is 5.97 Å². The Labute approximate surface area is 111 Å². The summed E-state index contributed by atoms with van der Waals surface area (Å²) in [5.74, 6) is 2.36. The van der Waals surface area contributed by atoms with Gasteiger partial charge in [-0.2, -0.15) is 0 Å². The standard InChI is InChI=1S/C16H28O2/c1-6-14(17)18-15(3,4)16(5)10-12-7-11(2)8-13(16)9-12/h11-13H,6-10H2,1-5H3. The van der Waals surface area contributed by atoms with Crippen LogP contribution in [0.1, 0.15) is 66.7 Å². The molecule has 2 rings (SSSR count). The number of hydrogen-bond donors (Lipinski definition) is 0. The number of rotatable bonds is 3. The quantitative estimate of drug-likeness (QED) is 0.704. The van der Waals surface area contributed by atoms with Gasteiger partial charge in [-0.1, -0.05) is 20.8 Å². The lowest BCUT2D eigenvalue weighted by Gasteiger charge is -2.45. The summed E-state index contributed by atoms with van der Waals surface area (Å²) in [5, 5.41) is 0. The Morgan fingerprint density at radius 3 is 2.61 bits per heavy atom. The van der Waals surface area contributed by atoms with Crippen LogP contribution in [-0.4, -0.2) is 11.6 Å². The molecule has 2 saturated carbocycles. The molecule has 4 unspecified atom stereocenters. The van der Waals surface area contributed by atoms with Crippen LogP contribution in [0.5, 0.6) is 0 Å². The minimum atomic E-state index is -0.330. The topological polar surface area (TPSA) is 26.3 Å². The molecule has 0 radical (unpaired) electrons. The van der Waals surface area contributed by atoms with Gasteiger partial charge in [0, 0.05) is 11.8 Å². The van der Waals surface area contributed by atoms with E-state index in [-0.39, 0.29) is 17.0 Å². The Morgan fingerprint density at radius 2 is 2.00 bits per heavy atom. The normalized spacial score (nSPS) is 39.7. The fraction of sp³-hybridized carbons (Fsp3) is 0.938. The number of ether oxygens (including phenoxy) is 1. The van der Waals surface area contributed by atoms with Crippen LogP contribution >= 0.6 is 0 Å². The van der Waals surface area contributed by atoms with Crippen molar-refractivity contribution in [3.05, 3.63) is 0 Å². The van der Waals surface area contributed by atoms with Crippen LogP contribution < -0.4 is 0 Å². The van der Waals surface area contributed by atoms with Crippen molar-refractivity contribution in [2.75, 3.05) is 0 Å². The smallest absolute Gasteiger partial charge is 0.306 e. The summed E-state index contributed by atoms with van der Waals surface area (Å²) in [7, 11) is 0. The molecule has 104 valence electrons. The van der Waals surface area contributed by atoms with E-state index in [9.17, 15) is 4.79 Å². The molecule has 2 nitrogen and oxygen atoms in total. The Bertz CT molecular complexity index is 334. The van der Waals surface area contributed by atoms with Gasteiger partial charge in [-0.15, -0.1) is 0 Å². The lowest BCUT2D eigenvalue weighted by atomic mass is 9.66. The molecule has 0 aromatic rings. The zero-order chi connectivity index (χ0) is 13.6. The van der Waals surface area contributed by atoms with E-state index in [0.717, 1.165) is 17.8 Å². The second-order valence-corrected chi connectivity index (χ2v) is 7.33. The third kappa shape index (κ3) is 2.19. The molecule has 2 bridgehead atoms. The van der Waals surface area contributed by atoms with Gasteiger partial charge in [-0.25, -0.2) is 0 Å². The monoisotopic (exact) mass is 252 g/mol. The fourth-order valence-corrected chi connectivity index (χ4v) is 4.41. The molecule has 2 aliphatic rings. The predicted octanol–water partition coefficient (Wildman–Crippen LogP) is 4.18. The maximum absolute atomic E-state index is 11.7. The zero-order valence-corrected chi connectivity index (χ0v) is 12.6. The number of fused-ring (bicyclic) bond motifs is 2. The van der Waals surface area contributed by atoms with Crippen LogP contribution in [0.25, 0.3) is 0 Å². The van der Waals surface area contributed by atoms with Gasteiger partial charge in [0.1, 0.15) is 5.60 Å². The molecular weight excluding hydrogens is 224 g/mol. The van der Waals surface area contributed by atoms with Crippen molar-refractivity contribution in [1.29, 1.82) is 0 Å². The highest BCUT2D eigenvalue weighted by Gasteiger charge is 2.56. The zero-order valence-electron chi connectivity index (χ0n) is 12.6. The highest BCUT2D eigenvalue weighted by Crippen LogP contribution is 2.60. The Balaban J connectivity index is 2.18. The molecule has 18 heavy (non-hydrogen) atoms. The third-order valence-corrected chi connectivity index (χ3v) is 5.69. The summed E-state index contributed by atoms with van der Waals surface area (Å²) in [5.41, 5.74) is -0.170. The average molecular weight is 252 g/mol. The molecule has 2 fully saturated rings. The first-order valence-corrected chi connectivity index (χ1v) is 7.50. The van der Waals surface area contributed by atoms with Gasteiger partial charge < -0.3 is 4.74 Å². The minimum Gasteiger partial charge on any atom is -0.459 e. The minimum absolute atomic E-state index is 0.0595. The van der Waals surface area contributed by atoms with Crippen molar-refractivity contribution in [3.8, 4) is 0 Å². The maximum atomic E-state index is 11.7. The molecule has 0 aromatic carbocycles. The molecule has 0 aliphatic heterocycles. The van der Waals surface area contributed by atoms with E-state index in [4.69, 9.17) is 4.74 Å². The van der Waals surface area contributed by atoms with Crippen LogP contribution in [0.2, 0.25) is 0 Å². The third-order valence-electron chi connectivity index (χ3n) is 5.69. The molecule has 0 saturated heterocycles. The first-order chi connectivity index (χ1) is 8.28. The summed E-state index contributed by atoms with van der Waals surface area (Å²) < 4.78 is 5.78. The maximum Gasteiger partial charge on any atom is 0.306 e. The van der Waals surface area contributed by atoms with Gasteiger partial charge in [0.2, 0.25) is 0 Å². The number of hydrogen-bond acceptors (Lipinski definition) is 2. The lowest BCUT2D eigenvalue weighted by Crippen LogP contribution is -2.47. The Kier molecular flexibility index (Phi) is 3.50. The highest BCUT2D eigenvalue weighted by atomic mass is 16.6. The molecule has 2 aliphatic carbocycles. The van der Waals surface area contributed by atoms with Gasteiger partial charge in [-0.3, -0.25) is 4.79 Å². The van der Waals surface area contributed by atoms with Gasteiger partial charge in [0.15, 0.2) is 0 Å². The first-order valence-electron chi connectivity index (χ1n) is 7.50. The summed E-state index contributed by atoms with van der Waals surface area (Å²) in [4.78, 5) is 11.7. The van der Waals surface area contributed by atoms with Crippen LogP contribution in [0, 0.1) is 23.2 Å². The molecular formula is C16H28O2. The SMILES string of the molecule is CCC(=O)OC(C)(C)C1(C)CC2CC(C)CC1C2. The van der Waals surface area contributed by atoms with E-state index in [1.54, 1.807) is 0 Å². The predicted molar refractivity (Wildman–Crippen MR) is 73.2 cm³/mol. The van der Waals surface area contributed by atoms with Gasteiger partial charge in [0.25, 0.3) is 0 Å². The summed E-state index contributed by atoms with van der Waals surface area (Å²) >= 11 is 0. The van der Waals surface area contributed by atoms with Crippen molar-refractivity contribution in [2.45, 2.75) is 72.3 Å². The van der Waals surface area contributed by atoms with Gasteiger partial charge in [-0.05, 0) is 57.3 Å². The summed E-state index contributed by atoms with van der Waals surface area (Å²) in [6, 6.07) is 0. The molecule has 0 spiro atoms. The highest BCUT2D eigenvalue weighted by molar-refractivity contribution is 5.69. The molecule has 0 aromatic heterocycles. The molecule has 0 amide bonds. The van der Waals surface area contributed by atoms with Crippen LogP contribution in [0.3, 0.4) is 0 Å². The van der Waals surface area contributed by atoms with E-state index >= 15 is 0 Å². The number of carbonyl (C=O) groups excluding carboxylic acids is 1. The second kappa shape index (κ2) is 4.54. The van der Waals surface area contributed by atoms with E-state index in [1.165, 1.54) is 25.7 Å². The average Bonchev–Trinajstić information content (AvgIpc) is 2.50. The van der Waals surface area contributed by atoms with Crippen molar-refractivity contribution in [3.63, 3.8) is 0 Å². The van der Waals surface area contributed by atoms with Crippen LogP contribution in [0.15, 0.2) is 0 Å². The molecule has 2 heteroatoms. The Morgan fingerprint density at radius 1 is 1.33 bits per heavy atom.